The van der Waals surface area contributed by atoms with E-state index >= 15 is 0 Å². The minimum absolute atomic E-state index is 0. The molecule has 0 aliphatic rings. The van der Waals surface area contributed by atoms with Gasteiger partial charge in [0.1, 0.15) is 0 Å². The van der Waals surface area contributed by atoms with Crippen molar-refractivity contribution in [3.05, 3.63) is 41.0 Å². The molecule has 0 amide bonds. The molecule has 0 saturated heterocycles. The van der Waals surface area contributed by atoms with Crippen molar-refractivity contribution in [3.8, 4) is 0 Å². The van der Waals surface area contributed by atoms with Crippen LogP contribution >= 0.6 is 0 Å². The van der Waals surface area contributed by atoms with Crippen LogP contribution in [0.2, 0.25) is 0 Å². The van der Waals surface area contributed by atoms with Crippen molar-refractivity contribution in [3.63, 3.8) is 0 Å². The quantitative estimate of drug-likeness (QED) is 0.676. The Morgan fingerprint density at radius 1 is 0.792 bits per heavy atom. The Morgan fingerprint density at radius 2 is 1.33 bits per heavy atom. The van der Waals surface area contributed by atoms with Crippen LogP contribution in [0.15, 0.2) is 29.2 Å². The molecular formula is C19H26NaO3S+. The van der Waals surface area contributed by atoms with Crippen LogP contribution in [-0.2, 0) is 10.1 Å². The Kier molecular flexibility index (Phi) is 7.11. The van der Waals surface area contributed by atoms with Gasteiger partial charge in [-0.15, -0.1) is 0 Å². The zero-order valence-corrected chi connectivity index (χ0v) is 18.5. The second kappa shape index (κ2) is 7.88. The summed E-state index contributed by atoms with van der Waals surface area (Å²) in [5, 5.41) is 1.94. The molecule has 2 aromatic carbocycles. The van der Waals surface area contributed by atoms with Crippen molar-refractivity contribution < 1.29 is 42.5 Å². The Morgan fingerprint density at radius 3 is 1.75 bits per heavy atom. The zero-order valence-electron chi connectivity index (χ0n) is 15.7. The fraction of sp³-hybridized carbons (Fsp3) is 0.474. The van der Waals surface area contributed by atoms with Crippen LogP contribution in [0.3, 0.4) is 0 Å². The van der Waals surface area contributed by atoms with Gasteiger partial charge in [0.15, 0.2) is 0 Å². The van der Waals surface area contributed by atoms with Gasteiger partial charge in [-0.25, -0.2) is 0 Å². The van der Waals surface area contributed by atoms with Gasteiger partial charge in [0.2, 0.25) is 0 Å². The predicted octanol–water partition coefficient (Wildman–Crippen LogP) is 2.46. The van der Waals surface area contributed by atoms with E-state index < -0.39 is 10.1 Å². The van der Waals surface area contributed by atoms with E-state index in [1.54, 1.807) is 6.07 Å². The maximum absolute atomic E-state index is 11.8. The van der Waals surface area contributed by atoms with Gasteiger partial charge in [0.05, 0.1) is 4.90 Å². The summed E-state index contributed by atoms with van der Waals surface area (Å²) in [5.74, 6) is 0.692. The van der Waals surface area contributed by atoms with Crippen LogP contribution in [0, 0.1) is 0 Å². The topological polar surface area (TPSA) is 54.4 Å². The summed E-state index contributed by atoms with van der Waals surface area (Å²) < 4.78 is 33.3. The zero-order chi connectivity index (χ0) is 17.5. The summed E-state index contributed by atoms with van der Waals surface area (Å²) in [5.41, 5.74) is 3.03. The van der Waals surface area contributed by atoms with Crippen LogP contribution < -0.4 is 29.6 Å². The monoisotopic (exact) mass is 357 g/mol. The first-order chi connectivity index (χ1) is 10.5. The number of rotatable bonds is 4. The molecule has 0 bridgehead atoms. The molecule has 3 nitrogen and oxygen atoms in total. The van der Waals surface area contributed by atoms with E-state index in [0.29, 0.717) is 11.5 Å². The van der Waals surface area contributed by atoms with Crippen LogP contribution in [0.5, 0.6) is 0 Å². The van der Waals surface area contributed by atoms with Crippen molar-refractivity contribution in [2.45, 2.75) is 64.2 Å². The fourth-order valence-corrected chi connectivity index (χ4v) is 3.81. The number of benzene rings is 2. The summed E-state index contributed by atoms with van der Waals surface area (Å²) in [4.78, 5) is 0.0270. The molecule has 0 unspecified atom stereocenters. The van der Waals surface area contributed by atoms with E-state index in [2.05, 4.69) is 39.8 Å². The molecule has 2 rings (SSSR count). The summed E-state index contributed by atoms with van der Waals surface area (Å²) in [6, 6.07) is 7.84. The molecular weight excluding hydrogens is 331 g/mol. The van der Waals surface area contributed by atoms with Crippen LogP contribution in [0.4, 0.5) is 0 Å². The van der Waals surface area contributed by atoms with Gasteiger partial charge in [-0.05, 0) is 57.3 Å². The van der Waals surface area contributed by atoms with Crippen molar-refractivity contribution in [2.24, 2.45) is 0 Å². The first-order valence-electron chi connectivity index (χ1n) is 8.11. The molecule has 126 valence electrons. The minimum atomic E-state index is -4.24. The third kappa shape index (κ3) is 4.41. The van der Waals surface area contributed by atoms with Gasteiger partial charge in [-0.3, -0.25) is 4.55 Å². The summed E-state index contributed by atoms with van der Waals surface area (Å²) >= 11 is 0. The molecule has 0 saturated carbocycles. The van der Waals surface area contributed by atoms with Crippen molar-refractivity contribution in [1.29, 1.82) is 0 Å². The molecule has 0 heterocycles. The molecule has 0 aliphatic carbocycles. The van der Waals surface area contributed by atoms with Crippen molar-refractivity contribution >= 4 is 20.9 Å². The Hall–Kier alpha value is -0.390. The molecule has 0 atom stereocenters. The SMILES string of the molecule is CC(C)c1cc(C(C)C)c2cc(S(=O)(=O)O)c(C(C)C)cc2c1.[Na+]. The smallest absolute Gasteiger partial charge is 0.282 e. The molecule has 2 aromatic rings. The maximum Gasteiger partial charge on any atom is 1.00 e. The van der Waals surface area contributed by atoms with E-state index in [1.807, 2.05) is 19.9 Å². The second-order valence-corrected chi connectivity index (χ2v) is 8.55. The molecule has 5 heteroatoms. The minimum Gasteiger partial charge on any atom is -0.282 e. The first kappa shape index (κ1) is 21.7. The van der Waals surface area contributed by atoms with Crippen molar-refractivity contribution in [1.82, 2.24) is 0 Å². The number of hydrogen-bond donors (Lipinski definition) is 1. The van der Waals surface area contributed by atoms with E-state index in [1.165, 1.54) is 5.56 Å². The first-order valence-corrected chi connectivity index (χ1v) is 9.55. The molecule has 0 aliphatic heterocycles. The van der Waals surface area contributed by atoms with E-state index in [9.17, 15) is 13.0 Å². The van der Waals surface area contributed by atoms with Gasteiger partial charge in [0, 0.05) is 0 Å². The maximum atomic E-state index is 11.8. The fourth-order valence-electron chi connectivity index (χ4n) is 2.95. The van der Waals surface area contributed by atoms with Crippen LogP contribution in [0.1, 0.15) is 76.0 Å². The van der Waals surface area contributed by atoms with E-state index in [-0.39, 0.29) is 46.3 Å². The van der Waals surface area contributed by atoms with Gasteiger partial charge in [-0.1, -0.05) is 53.7 Å². The van der Waals surface area contributed by atoms with Gasteiger partial charge in [0.25, 0.3) is 10.1 Å². The van der Waals surface area contributed by atoms with Gasteiger partial charge in [-0.2, -0.15) is 8.42 Å². The Balaban J connectivity index is 0.00000288. The Labute approximate surface area is 167 Å². The average molecular weight is 357 g/mol. The van der Waals surface area contributed by atoms with Crippen molar-refractivity contribution in [2.75, 3.05) is 0 Å². The third-order valence-corrected chi connectivity index (χ3v) is 5.24. The molecule has 1 N–H and O–H groups in total. The van der Waals surface area contributed by atoms with E-state index in [0.717, 1.165) is 16.3 Å². The van der Waals surface area contributed by atoms with Gasteiger partial charge < -0.3 is 0 Å². The molecule has 24 heavy (non-hydrogen) atoms. The average Bonchev–Trinajstić information content (AvgIpc) is 2.43. The number of fused-ring (bicyclic) bond motifs is 1. The summed E-state index contributed by atoms with van der Waals surface area (Å²) in [6.07, 6.45) is 0. The molecule has 0 fully saturated rings. The van der Waals surface area contributed by atoms with Crippen LogP contribution in [0.25, 0.3) is 10.8 Å². The van der Waals surface area contributed by atoms with Gasteiger partial charge >= 0.3 is 29.6 Å². The third-order valence-electron chi connectivity index (χ3n) is 4.33. The summed E-state index contributed by atoms with van der Waals surface area (Å²) in [6.45, 7) is 12.4. The standard InChI is InChI=1S/C19H26O3S.Na/c1-11(2)14-7-15-9-17(13(5)6)19(23(20,21)22)10-18(15)16(8-14)12(3)4;/h7-13H,1-6H3,(H,20,21,22);/q;+1. The molecule has 0 aromatic heterocycles. The number of hydrogen-bond acceptors (Lipinski definition) is 2. The van der Waals surface area contributed by atoms with Crippen LogP contribution in [-0.4, -0.2) is 13.0 Å². The Bertz CT molecular complexity index is 837. The van der Waals surface area contributed by atoms with E-state index in [4.69, 9.17) is 0 Å². The normalized spacial score (nSPS) is 12.2. The second-order valence-electron chi connectivity index (χ2n) is 7.16. The summed E-state index contributed by atoms with van der Waals surface area (Å²) in [7, 11) is -4.24. The predicted molar refractivity (Wildman–Crippen MR) is 96.0 cm³/mol. The molecule has 0 radical (unpaired) electrons. The molecule has 0 spiro atoms. The largest absolute Gasteiger partial charge is 1.00 e.